The molecule has 1 aromatic heterocycles. The first-order valence-electron chi connectivity index (χ1n) is 7.33. The van der Waals surface area contributed by atoms with Gasteiger partial charge >= 0.3 is 6.03 Å². The van der Waals surface area contributed by atoms with Crippen molar-refractivity contribution in [3.8, 4) is 11.5 Å². The summed E-state index contributed by atoms with van der Waals surface area (Å²) in [4.78, 5) is 17.5. The minimum atomic E-state index is -0.570. The number of carbonyl (C=O) groups is 1. The largest absolute Gasteiger partial charge is 0.444 e. The number of aromatic nitrogens is 1. The van der Waals surface area contributed by atoms with Gasteiger partial charge in [-0.1, -0.05) is 0 Å². The minimum absolute atomic E-state index is 0.256. The van der Waals surface area contributed by atoms with E-state index < -0.39 is 6.10 Å². The molecule has 2 N–H and O–H groups in total. The number of carbonyl (C=O) groups excluding carboxylic acids is 1. The van der Waals surface area contributed by atoms with Gasteiger partial charge in [0, 0.05) is 32.1 Å². The molecule has 0 saturated heterocycles. The number of aliphatic hydroxyl groups is 1. The van der Waals surface area contributed by atoms with Crippen molar-refractivity contribution in [2.75, 3.05) is 20.1 Å². The SMILES string of the molecule is CC(O)CN(C)C(=O)NCCc1coc(-c2ccc(F)cc2)n1. The maximum atomic E-state index is 12.9. The lowest BCUT2D eigenvalue weighted by molar-refractivity contribution is 0.144. The van der Waals surface area contributed by atoms with E-state index in [1.807, 2.05) is 0 Å². The van der Waals surface area contributed by atoms with Gasteiger partial charge in [0.1, 0.15) is 12.1 Å². The summed E-state index contributed by atoms with van der Waals surface area (Å²) in [6, 6.07) is 5.62. The normalized spacial score (nSPS) is 12.0. The van der Waals surface area contributed by atoms with E-state index in [4.69, 9.17) is 4.42 Å². The third kappa shape index (κ3) is 5.07. The van der Waals surface area contributed by atoms with Crippen molar-refractivity contribution < 1.29 is 18.7 Å². The molecule has 0 fully saturated rings. The first kappa shape index (κ1) is 17.0. The highest BCUT2D eigenvalue weighted by Crippen LogP contribution is 2.18. The lowest BCUT2D eigenvalue weighted by atomic mass is 10.2. The van der Waals surface area contributed by atoms with E-state index in [0.29, 0.717) is 30.1 Å². The van der Waals surface area contributed by atoms with Crippen molar-refractivity contribution in [2.45, 2.75) is 19.4 Å². The number of halogens is 1. The number of urea groups is 1. The smallest absolute Gasteiger partial charge is 0.317 e. The Kier molecular flexibility index (Phi) is 5.70. The molecule has 0 bridgehead atoms. The summed E-state index contributed by atoms with van der Waals surface area (Å²) in [7, 11) is 1.62. The molecule has 7 heteroatoms. The molecule has 0 aliphatic rings. The van der Waals surface area contributed by atoms with Gasteiger partial charge in [0.05, 0.1) is 11.8 Å². The average Bonchev–Trinajstić information content (AvgIpc) is 2.96. The zero-order chi connectivity index (χ0) is 16.8. The summed E-state index contributed by atoms with van der Waals surface area (Å²) in [6.07, 6.45) is 1.46. The highest BCUT2D eigenvalue weighted by Gasteiger charge is 2.11. The molecule has 0 aliphatic heterocycles. The molecular weight excluding hydrogens is 301 g/mol. The number of hydrogen-bond donors (Lipinski definition) is 2. The second-order valence-corrected chi connectivity index (χ2v) is 5.36. The van der Waals surface area contributed by atoms with E-state index in [9.17, 15) is 14.3 Å². The Morgan fingerprint density at radius 2 is 2.13 bits per heavy atom. The van der Waals surface area contributed by atoms with Gasteiger partial charge in [-0.25, -0.2) is 14.2 Å². The van der Waals surface area contributed by atoms with Crippen LogP contribution in [0.25, 0.3) is 11.5 Å². The number of nitrogens with one attached hydrogen (secondary N) is 1. The number of nitrogens with zero attached hydrogens (tertiary/aromatic N) is 2. The van der Waals surface area contributed by atoms with Gasteiger partial charge in [-0.3, -0.25) is 0 Å². The van der Waals surface area contributed by atoms with Crippen LogP contribution in [0.3, 0.4) is 0 Å². The fourth-order valence-corrected chi connectivity index (χ4v) is 2.06. The van der Waals surface area contributed by atoms with E-state index in [1.54, 1.807) is 26.1 Å². The average molecular weight is 321 g/mol. The van der Waals surface area contributed by atoms with Gasteiger partial charge in [0.15, 0.2) is 0 Å². The van der Waals surface area contributed by atoms with Crippen LogP contribution in [0.15, 0.2) is 34.9 Å². The molecule has 0 spiro atoms. The summed E-state index contributed by atoms with van der Waals surface area (Å²) in [6.45, 7) is 2.29. The van der Waals surface area contributed by atoms with Crippen molar-refractivity contribution in [1.29, 1.82) is 0 Å². The molecule has 0 radical (unpaired) electrons. The third-order valence-corrected chi connectivity index (χ3v) is 3.19. The molecule has 6 nitrogen and oxygen atoms in total. The lowest BCUT2D eigenvalue weighted by Gasteiger charge is -2.19. The van der Waals surface area contributed by atoms with Crippen molar-refractivity contribution in [1.82, 2.24) is 15.2 Å². The molecule has 1 unspecified atom stereocenters. The molecule has 2 rings (SSSR count). The van der Waals surface area contributed by atoms with Crippen molar-refractivity contribution in [3.63, 3.8) is 0 Å². The Morgan fingerprint density at radius 1 is 1.43 bits per heavy atom. The van der Waals surface area contributed by atoms with Crippen LogP contribution >= 0.6 is 0 Å². The Bertz CT molecular complexity index is 640. The Balaban J connectivity index is 1.83. The molecule has 0 saturated carbocycles. The molecule has 2 amide bonds. The highest BCUT2D eigenvalue weighted by molar-refractivity contribution is 5.73. The fourth-order valence-electron chi connectivity index (χ4n) is 2.06. The molecule has 1 aromatic carbocycles. The predicted molar refractivity (Wildman–Crippen MR) is 83.3 cm³/mol. The summed E-state index contributed by atoms with van der Waals surface area (Å²) in [5.74, 6) is 0.0992. The van der Waals surface area contributed by atoms with Gasteiger partial charge in [0.25, 0.3) is 0 Å². The highest BCUT2D eigenvalue weighted by atomic mass is 19.1. The standard InChI is InChI=1S/C16H20FN3O3/c1-11(21)9-20(2)16(22)18-8-7-14-10-23-15(19-14)12-3-5-13(17)6-4-12/h3-6,10-11,21H,7-9H2,1-2H3,(H,18,22). The first-order chi connectivity index (χ1) is 11.0. The summed E-state index contributed by atoms with van der Waals surface area (Å²) in [5.41, 5.74) is 1.39. The molecule has 1 atom stereocenters. The molecule has 124 valence electrons. The van der Waals surface area contributed by atoms with E-state index in [-0.39, 0.29) is 18.4 Å². The number of benzene rings is 1. The van der Waals surface area contributed by atoms with Crippen LogP contribution in [0, 0.1) is 5.82 Å². The second-order valence-electron chi connectivity index (χ2n) is 5.36. The molecule has 2 aromatic rings. The maximum Gasteiger partial charge on any atom is 0.317 e. The molecule has 1 heterocycles. The van der Waals surface area contributed by atoms with Gasteiger partial charge in [-0.05, 0) is 31.2 Å². The summed E-state index contributed by atoms with van der Waals surface area (Å²) < 4.78 is 18.2. The number of likely N-dealkylation sites (N-methyl/N-ethyl adjacent to an activating group) is 1. The van der Waals surface area contributed by atoms with Crippen molar-refractivity contribution >= 4 is 6.03 Å². The number of rotatable bonds is 6. The first-order valence-corrected chi connectivity index (χ1v) is 7.33. The van der Waals surface area contributed by atoms with Gasteiger partial charge in [-0.2, -0.15) is 0 Å². The second kappa shape index (κ2) is 7.73. The van der Waals surface area contributed by atoms with Crippen LogP contribution in [-0.2, 0) is 6.42 Å². The Morgan fingerprint density at radius 3 is 2.78 bits per heavy atom. The van der Waals surface area contributed by atoms with Crippen LogP contribution < -0.4 is 5.32 Å². The molecular formula is C16H20FN3O3. The number of oxazole rings is 1. The van der Waals surface area contributed by atoms with Crippen LogP contribution in [0.4, 0.5) is 9.18 Å². The van der Waals surface area contributed by atoms with Crippen LogP contribution in [0.1, 0.15) is 12.6 Å². The van der Waals surface area contributed by atoms with E-state index in [1.165, 1.54) is 23.3 Å². The third-order valence-electron chi connectivity index (χ3n) is 3.19. The lowest BCUT2D eigenvalue weighted by Crippen LogP contribution is -2.41. The number of hydrogen-bond acceptors (Lipinski definition) is 4. The fraction of sp³-hybridized carbons (Fsp3) is 0.375. The van der Waals surface area contributed by atoms with E-state index in [0.717, 1.165) is 0 Å². The quantitative estimate of drug-likeness (QED) is 0.853. The molecule has 0 aliphatic carbocycles. The van der Waals surface area contributed by atoms with Crippen LogP contribution in [0.5, 0.6) is 0 Å². The van der Waals surface area contributed by atoms with E-state index >= 15 is 0 Å². The zero-order valence-corrected chi connectivity index (χ0v) is 13.1. The topological polar surface area (TPSA) is 78.6 Å². The minimum Gasteiger partial charge on any atom is -0.444 e. The summed E-state index contributed by atoms with van der Waals surface area (Å²) >= 11 is 0. The number of aliphatic hydroxyl groups excluding tert-OH is 1. The number of amides is 2. The Labute approximate surface area is 133 Å². The van der Waals surface area contributed by atoms with Gasteiger partial charge in [-0.15, -0.1) is 0 Å². The van der Waals surface area contributed by atoms with Crippen molar-refractivity contribution in [2.24, 2.45) is 0 Å². The maximum absolute atomic E-state index is 12.9. The summed E-state index contributed by atoms with van der Waals surface area (Å²) in [5, 5.41) is 12.0. The van der Waals surface area contributed by atoms with Crippen LogP contribution in [-0.4, -0.2) is 47.3 Å². The van der Waals surface area contributed by atoms with Gasteiger partial charge in [0.2, 0.25) is 5.89 Å². The monoisotopic (exact) mass is 321 g/mol. The molecule has 23 heavy (non-hydrogen) atoms. The van der Waals surface area contributed by atoms with Crippen LogP contribution in [0.2, 0.25) is 0 Å². The Hall–Kier alpha value is -2.41. The van der Waals surface area contributed by atoms with Gasteiger partial charge < -0.3 is 19.7 Å². The zero-order valence-electron chi connectivity index (χ0n) is 13.1. The van der Waals surface area contributed by atoms with E-state index in [2.05, 4.69) is 10.3 Å². The predicted octanol–water partition coefficient (Wildman–Crippen LogP) is 2.05. The van der Waals surface area contributed by atoms with Crippen molar-refractivity contribution in [3.05, 3.63) is 42.0 Å².